The summed E-state index contributed by atoms with van der Waals surface area (Å²) < 4.78 is 0.673. The van der Waals surface area contributed by atoms with Gasteiger partial charge in [0.1, 0.15) is 5.82 Å². The molecule has 0 aliphatic carbocycles. The molecule has 1 aromatic carbocycles. The van der Waals surface area contributed by atoms with E-state index < -0.39 is 4.92 Å². The average molecular weight is 337 g/mol. The summed E-state index contributed by atoms with van der Waals surface area (Å²) in [5.74, 6) is 0.738. The lowest BCUT2D eigenvalue weighted by Crippen LogP contribution is -2.03. The molecule has 6 nitrogen and oxygen atoms in total. The van der Waals surface area contributed by atoms with Gasteiger partial charge in [-0.05, 0) is 34.8 Å². The average Bonchev–Trinajstić information content (AvgIpc) is 2.42. The molecule has 0 saturated carbocycles. The molecular formula is C13H13BrN4O2. The van der Waals surface area contributed by atoms with E-state index in [0.29, 0.717) is 28.1 Å². The summed E-state index contributed by atoms with van der Waals surface area (Å²) in [6.45, 7) is 3.81. The molecule has 0 saturated heterocycles. The zero-order valence-electron chi connectivity index (χ0n) is 11.1. The third-order valence-corrected chi connectivity index (χ3v) is 3.82. The van der Waals surface area contributed by atoms with Gasteiger partial charge in [0.05, 0.1) is 15.1 Å². The standard InChI is InChI=1S/C13H13BrN4O2/c1-3-10-11(14)12(15)17-13(16-10)9-6-8(18(19)20)5-4-7(9)2/h4-6H,3H2,1-2H3,(H2,15,16,17). The summed E-state index contributed by atoms with van der Waals surface area (Å²) in [7, 11) is 0. The highest BCUT2D eigenvalue weighted by atomic mass is 79.9. The number of anilines is 1. The van der Waals surface area contributed by atoms with Crippen molar-refractivity contribution >= 4 is 27.4 Å². The van der Waals surface area contributed by atoms with E-state index >= 15 is 0 Å². The van der Waals surface area contributed by atoms with Crippen molar-refractivity contribution in [3.05, 3.63) is 44.0 Å². The second-order valence-corrected chi connectivity index (χ2v) is 5.10. The molecule has 0 spiro atoms. The highest BCUT2D eigenvalue weighted by Gasteiger charge is 2.15. The number of aromatic nitrogens is 2. The van der Waals surface area contributed by atoms with Gasteiger partial charge in [-0.1, -0.05) is 13.0 Å². The van der Waals surface area contributed by atoms with E-state index in [-0.39, 0.29) is 5.69 Å². The number of nitrogens with two attached hydrogens (primary N) is 1. The van der Waals surface area contributed by atoms with E-state index in [9.17, 15) is 10.1 Å². The molecule has 2 aromatic rings. The Morgan fingerprint density at radius 2 is 2.10 bits per heavy atom. The van der Waals surface area contributed by atoms with Crippen LogP contribution in [0.5, 0.6) is 0 Å². The van der Waals surface area contributed by atoms with Crippen LogP contribution in [0.4, 0.5) is 11.5 Å². The minimum absolute atomic E-state index is 0.00809. The number of rotatable bonds is 3. The predicted molar refractivity (Wildman–Crippen MR) is 80.3 cm³/mol. The SMILES string of the molecule is CCc1nc(-c2cc([N+](=O)[O-])ccc2C)nc(N)c1Br. The molecule has 0 aliphatic heterocycles. The maximum absolute atomic E-state index is 10.9. The van der Waals surface area contributed by atoms with Crippen LogP contribution >= 0.6 is 15.9 Å². The van der Waals surface area contributed by atoms with E-state index in [1.807, 2.05) is 13.8 Å². The fourth-order valence-corrected chi connectivity index (χ4v) is 2.29. The summed E-state index contributed by atoms with van der Waals surface area (Å²) in [6.07, 6.45) is 0.689. The summed E-state index contributed by atoms with van der Waals surface area (Å²) in [6, 6.07) is 4.61. The number of benzene rings is 1. The Hall–Kier alpha value is -2.02. The van der Waals surface area contributed by atoms with Gasteiger partial charge in [0.15, 0.2) is 5.82 Å². The summed E-state index contributed by atoms with van der Waals surface area (Å²) in [4.78, 5) is 19.1. The monoisotopic (exact) mass is 336 g/mol. The van der Waals surface area contributed by atoms with Crippen molar-refractivity contribution in [3.8, 4) is 11.4 Å². The minimum atomic E-state index is -0.439. The van der Waals surface area contributed by atoms with Gasteiger partial charge in [0, 0.05) is 17.7 Å². The van der Waals surface area contributed by atoms with Gasteiger partial charge < -0.3 is 5.73 Å². The van der Waals surface area contributed by atoms with Gasteiger partial charge >= 0.3 is 0 Å². The third kappa shape index (κ3) is 2.62. The highest BCUT2D eigenvalue weighted by Crippen LogP contribution is 2.29. The Kier molecular flexibility index (Phi) is 3.99. The number of hydrogen-bond acceptors (Lipinski definition) is 5. The maximum atomic E-state index is 10.9. The number of nitro groups is 1. The number of nitro benzene ring substituents is 1. The second-order valence-electron chi connectivity index (χ2n) is 4.30. The molecule has 0 amide bonds. The molecule has 0 aliphatic rings. The zero-order valence-corrected chi connectivity index (χ0v) is 12.6. The lowest BCUT2D eigenvalue weighted by Gasteiger charge is -2.09. The molecule has 1 aromatic heterocycles. The molecule has 0 radical (unpaired) electrons. The Bertz CT molecular complexity index is 688. The van der Waals surface area contributed by atoms with E-state index in [4.69, 9.17) is 5.73 Å². The van der Waals surface area contributed by atoms with Crippen LogP contribution in [0, 0.1) is 17.0 Å². The fraction of sp³-hybridized carbons (Fsp3) is 0.231. The summed E-state index contributed by atoms with van der Waals surface area (Å²) in [5.41, 5.74) is 8.11. The Morgan fingerprint density at radius 1 is 1.40 bits per heavy atom. The van der Waals surface area contributed by atoms with Crippen LogP contribution in [0.2, 0.25) is 0 Å². The van der Waals surface area contributed by atoms with Crippen molar-refractivity contribution in [1.82, 2.24) is 9.97 Å². The van der Waals surface area contributed by atoms with Crippen molar-refractivity contribution in [2.75, 3.05) is 5.73 Å². The number of nitrogen functional groups attached to an aromatic ring is 1. The van der Waals surface area contributed by atoms with Gasteiger partial charge in [-0.3, -0.25) is 10.1 Å². The van der Waals surface area contributed by atoms with Gasteiger partial charge in [-0.25, -0.2) is 9.97 Å². The largest absolute Gasteiger partial charge is 0.383 e. The van der Waals surface area contributed by atoms with Crippen molar-refractivity contribution in [2.45, 2.75) is 20.3 Å². The topological polar surface area (TPSA) is 94.9 Å². The van der Waals surface area contributed by atoms with Crippen LogP contribution in [0.1, 0.15) is 18.2 Å². The molecule has 7 heteroatoms. The van der Waals surface area contributed by atoms with Crippen LogP contribution in [0.25, 0.3) is 11.4 Å². The Morgan fingerprint density at radius 3 is 2.70 bits per heavy atom. The van der Waals surface area contributed by atoms with Gasteiger partial charge in [0.2, 0.25) is 0 Å². The first-order chi connectivity index (χ1) is 9.43. The molecule has 20 heavy (non-hydrogen) atoms. The summed E-state index contributed by atoms with van der Waals surface area (Å²) in [5, 5.41) is 10.9. The maximum Gasteiger partial charge on any atom is 0.270 e. The molecule has 0 unspecified atom stereocenters. The smallest absolute Gasteiger partial charge is 0.270 e. The molecule has 1 heterocycles. The number of non-ortho nitro benzene ring substituents is 1. The first-order valence-electron chi connectivity index (χ1n) is 6.01. The molecule has 0 bridgehead atoms. The van der Waals surface area contributed by atoms with Gasteiger partial charge in [-0.15, -0.1) is 0 Å². The van der Waals surface area contributed by atoms with E-state index in [1.54, 1.807) is 6.07 Å². The molecule has 0 atom stereocenters. The normalized spacial score (nSPS) is 10.6. The van der Waals surface area contributed by atoms with Crippen LogP contribution in [-0.2, 0) is 6.42 Å². The fourth-order valence-electron chi connectivity index (χ4n) is 1.83. The second kappa shape index (κ2) is 5.54. The number of hydrogen-bond donors (Lipinski definition) is 1. The summed E-state index contributed by atoms with van der Waals surface area (Å²) >= 11 is 3.35. The molecular weight excluding hydrogens is 324 g/mol. The highest BCUT2D eigenvalue weighted by molar-refractivity contribution is 9.10. The lowest BCUT2D eigenvalue weighted by molar-refractivity contribution is -0.384. The molecule has 104 valence electrons. The number of nitrogens with zero attached hydrogens (tertiary/aromatic N) is 3. The lowest BCUT2D eigenvalue weighted by atomic mass is 10.1. The van der Waals surface area contributed by atoms with E-state index in [1.165, 1.54) is 12.1 Å². The zero-order chi connectivity index (χ0) is 14.9. The van der Waals surface area contributed by atoms with E-state index in [2.05, 4.69) is 25.9 Å². The third-order valence-electron chi connectivity index (χ3n) is 2.95. The van der Waals surface area contributed by atoms with Crippen LogP contribution < -0.4 is 5.73 Å². The van der Waals surface area contributed by atoms with Gasteiger partial charge in [-0.2, -0.15) is 0 Å². The molecule has 2 N–H and O–H groups in total. The van der Waals surface area contributed by atoms with Crippen LogP contribution in [-0.4, -0.2) is 14.9 Å². The van der Waals surface area contributed by atoms with Gasteiger partial charge in [0.25, 0.3) is 5.69 Å². The molecule has 2 rings (SSSR count). The number of halogens is 1. The Balaban J connectivity index is 2.64. The minimum Gasteiger partial charge on any atom is -0.383 e. The Labute approximate surface area is 124 Å². The first-order valence-corrected chi connectivity index (χ1v) is 6.80. The number of aryl methyl sites for hydroxylation is 2. The van der Waals surface area contributed by atoms with Crippen molar-refractivity contribution in [1.29, 1.82) is 0 Å². The van der Waals surface area contributed by atoms with Crippen molar-refractivity contribution in [2.24, 2.45) is 0 Å². The quantitative estimate of drug-likeness (QED) is 0.685. The predicted octanol–water partition coefficient (Wildman–Crippen LogP) is 3.27. The van der Waals surface area contributed by atoms with E-state index in [0.717, 1.165) is 11.3 Å². The van der Waals surface area contributed by atoms with Crippen molar-refractivity contribution in [3.63, 3.8) is 0 Å². The van der Waals surface area contributed by atoms with Crippen LogP contribution in [0.3, 0.4) is 0 Å². The van der Waals surface area contributed by atoms with Crippen molar-refractivity contribution < 1.29 is 4.92 Å². The first kappa shape index (κ1) is 14.4. The van der Waals surface area contributed by atoms with Crippen LogP contribution in [0.15, 0.2) is 22.7 Å². The molecule has 0 fully saturated rings.